The maximum Gasteiger partial charge on any atom is 0.317 e. The molecule has 0 atom stereocenters. The summed E-state index contributed by atoms with van der Waals surface area (Å²) in [6, 6.07) is 8.06. The normalized spacial score (nSPS) is 13.9. The first-order valence-corrected chi connectivity index (χ1v) is 10.7. The molecule has 0 saturated carbocycles. The third-order valence-corrected chi connectivity index (χ3v) is 6.38. The summed E-state index contributed by atoms with van der Waals surface area (Å²) in [6.07, 6.45) is 21.7. The maximum atomic E-state index is 6.69. The summed E-state index contributed by atoms with van der Waals surface area (Å²) in [7, 11) is -1.09. The summed E-state index contributed by atoms with van der Waals surface area (Å²) >= 11 is 0. The van der Waals surface area contributed by atoms with Gasteiger partial charge in [-0.15, -0.1) is 6.42 Å². The van der Waals surface area contributed by atoms with Gasteiger partial charge in [0.05, 0.1) is 0 Å². The van der Waals surface area contributed by atoms with E-state index in [1.54, 1.807) is 12.2 Å². The van der Waals surface area contributed by atoms with E-state index >= 15 is 0 Å². The van der Waals surface area contributed by atoms with Crippen molar-refractivity contribution < 1.29 is 4.52 Å². The molecule has 0 aliphatic carbocycles. The molecule has 0 aromatic carbocycles. The summed E-state index contributed by atoms with van der Waals surface area (Å²) in [5.74, 6) is 3.50. The molecule has 2 rings (SSSR count). The zero-order valence-corrected chi connectivity index (χ0v) is 18.6. The van der Waals surface area contributed by atoms with Crippen LogP contribution in [0.25, 0.3) is 0 Å². The Hall–Kier alpha value is -2.95. The summed E-state index contributed by atoms with van der Waals surface area (Å²) in [6.45, 7) is 12.2. The maximum absolute atomic E-state index is 6.69. The molecule has 0 spiro atoms. The van der Waals surface area contributed by atoms with E-state index in [0.29, 0.717) is 6.42 Å². The lowest BCUT2D eigenvalue weighted by atomic mass is 10.0. The third kappa shape index (κ3) is 6.28. The van der Waals surface area contributed by atoms with Gasteiger partial charge in [0.25, 0.3) is 0 Å². The van der Waals surface area contributed by atoms with Crippen molar-refractivity contribution in [3.63, 3.8) is 0 Å². The van der Waals surface area contributed by atoms with E-state index in [4.69, 9.17) is 10.9 Å². The second kappa shape index (κ2) is 11.1. The highest BCUT2D eigenvalue weighted by Gasteiger charge is 2.19. The number of hydrogen-bond donors (Lipinski definition) is 0. The fourth-order valence-corrected chi connectivity index (χ4v) is 4.23. The second-order valence-corrected chi connectivity index (χ2v) is 8.36. The molecule has 4 heteroatoms. The van der Waals surface area contributed by atoms with E-state index in [2.05, 4.69) is 48.9 Å². The van der Waals surface area contributed by atoms with Crippen molar-refractivity contribution in [3.05, 3.63) is 108 Å². The minimum Gasteiger partial charge on any atom is -0.440 e. The van der Waals surface area contributed by atoms with Crippen molar-refractivity contribution in [2.45, 2.75) is 34.1 Å². The lowest BCUT2D eigenvalue weighted by Gasteiger charge is -2.24. The van der Waals surface area contributed by atoms with Crippen LogP contribution >= 0.6 is 8.45 Å². The van der Waals surface area contributed by atoms with Crippen molar-refractivity contribution in [2.24, 2.45) is 0 Å². The molecule has 0 saturated heterocycles. The van der Waals surface area contributed by atoms with Gasteiger partial charge in [-0.2, -0.15) is 0 Å². The van der Waals surface area contributed by atoms with Crippen LogP contribution in [0.1, 0.15) is 34.1 Å². The van der Waals surface area contributed by atoms with Gasteiger partial charge in [0.2, 0.25) is 0 Å². The molecule has 2 heterocycles. The van der Waals surface area contributed by atoms with Crippen LogP contribution in [0.4, 0.5) is 0 Å². The average molecular weight is 404 g/mol. The highest BCUT2D eigenvalue weighted by atomic mass is 31.2. The van der Waals surface area contributed by atoms with E-state index in [1.165, 1.54) is 5.57 Å². The first kappa shape index (κ1) is 22.3. The van der Waals surface area contributed by atoms with E-state index in [1.807, 2.05) is 61.2 Å². The van der Waals surface area contributed by atoms with E-state index in [-0.39, 0.29) is 0 Å². The van der Waals surface area contributed by atoms with Crippen molar-refractivity contribution in [1.29, 1.82) is 0 Å². The van der Waals surface area contributed by atoms with Gasteiger partial charge < -0.3 is 4.52 Å². The molecule has 0 radical (unpaired) electrons. The van der Waals surface area contributed by atoms with Crippen molar-refractivity contribution in [3.8, 4) is 12.3 Å². The highest BCUT2D eigenvalue weighted by Crippen LogP contribution is 2.45. The van der Waals surface area contributed by atoms with Gasteiger partial charge in [-0.05, 0) is 69.2 Å². The number of allylic oxidation sites excluding steroid dienone is 8. The fraction of sp³-hybridized carbons (Fsp3) is 0.200. The molecule has 0 unspecified atom stereocenters. The van der Waals surface area contributed by atoms with Gasteiger partial charge in [-0.3, -0.25) is 8.68 Å². The molecule has 0 N–H and O–H groups in total. The van der Waals surface area contributed by atoms with Crippen LogP contribution < -0.4 is 0 Å². The molecule has 3 nitrogen and oxygen atoms in total. The molecule has 0 amide bonds. The van der Waals surface area contributed by atoms with Gasteiger partial charge in [0.1, 0.15) is 5.76 Å². The Labute approximate surface area is 176 Å². The molecule has 0 aliphatic heterocycles. The minimum absolute atomic E-state index is 0.705. The number of rotatable bonds is 9. The van der Waals surface area contributed by atoms with E-state index in [9.17, 15) is 0 Å². The SMILES string of the molecule is C#C/C=C\C(C)=C(\C)C/C(OP(n1cccc1)n1cccc1)=C(C)/C(C)=C\C=C. The summed E-state index contributed by atoms with van der Waals surface area (Å²) in [5.41, 5.74) is 4.61. The van der Waals surface area contributed by atoms with Crippen molar-refractivity contribution >= 4 is 8.45 Å². The monoisotopic (exact) mass is 404 g/mol. The molecule has 2 aromatic heterocycles. The van der Waals surface area contributed by atoms with Crippen LogP contribution in [0.5, 0.6) is 0 Å². The number of terminal acetylenes is 1. The summed E-state index contributed by atoms with van der Waals surface area (Å²) in [4.78, 5) is 0. The standard InChI is InChI=1S/C25H29N2OP/c1-7-9-15-21(3)23(5)20-25(24(6)22(4)14-8-2)28-29(26-16-10-11-17-26)27-18-12-13-19-27/h1,8-19H,2,20H2,3-6H3/b15-9-,22-14-,23-21-,25-24-. The van der Waals surface area contributed by atoms with Crippen molar-refractivity contribution in [1.82, 2.24) is 8.68 Å². The average Bonchev–Trinajstić information content (AvgIpc) is 3.43. The second-order valence-electron chi connectivity index (χ2n) is 6.74. The third-order valence-electron chi connectivity index (χ3n) is 4.67. The van der Waals surface area contributed by atoms with E-state index in [0.717, 1.165) is 22.5 Å². The number of aromatic nitrogens is 2. The van der Waals surface area contributed by atoms with Gasteiger partial charge in [-0.25, -0.2) is 0 Å². The van der Waals surface area contributed by atoms with Gasteiger partial charge in [0, 0.05) is 31.2 Å². The smallest absolute Gasteiger partial charge is 0.317 e. The molecule has 0 bridgehead atoms. The van der Waals surface area contributed by atoms with Crippen LogP contribution in [0.3, 0.4) is 0 Å². The van der Waals surface area contributed by atoms with Gasteiger partial charge >= 0.3 is 8.45 Å². The Morgan fingerprint density at radius 2 is 1.59 bits per heavy atom. The van der Waals surface area contributed by atoms with Crippen molar-refractivity contribution in [2.75, 3.05) is 0 Å². The predicted octanol–water partition coefficient (Wildman–Crippen LogP) is 7.25. The molecule has 150 valence electrons. The zero-order valence-electron chi connectivity index (χ0n) is 17.7. The Morgan fingerprint density at radius 3 is 2.07 bits per heavy atom. The fourth-order valence-electron chi connectivity index (χ4n) is 2.64. The topological polar surface area (TPSA) is 19.1 Å². The van der Waals surface area contributed by atoms with Crippen LogP contribution in [0.2, 0.25) is 0 Å². The lowest BCUT2D eigenvalue weighted by molar-refractivity contribution is 0.436. The largest absolute Gasteiger partial charge is 0.440 e. The highest BCUT2D eigenvalue weighted by molar-refractivity contribution is 7.49. The zero-order chi connectivity index (χ0) is 21.2. The quantitative estimate of drug-likeness (QED) is 0.186. The summed E-state index contributed by atoms with van der Waals surface area (Å²) in [5, 5.41) is 0. The minimum atomic E-state index is -1.09. The molecule has 29 heavy (non-hydrogen) atoms. The number of nitrogens with zero attached hydrogens (tertiary/aromatic N) is 2. The predicted molar refractivity (Wildman–Crippen MR) is 125 cm³/mol. The number of hydrogen-bond acceptors (Lipinski definition) is 1. The lowest BCUT2D eigenvalue weighted by Crippen LogP contribution is -2.04. The van der Waals surface area contributed by atoms with Crippen LogP contribution in [-0.2, 0) is 4.52 Å². The van der Waals surface area contributed by atoms with Crippen LogP contribution in [0, 0.1) is 12.3 Å². The Morgan fingerprint density at radius 1 is 1.03 bits per heavy atom. The van der Waals surface area contributed by atoms with Gasteiger partial charge in [-0.1, -0.05) is 41.9 Å². The van der Waals surface area contributed by atoms with Crippen LogP contribution in [-0.4, -0.2) is 8.68 Å². The Balaban J connectivity index is 2.48. The van der Waals surface area contributed by atoms with Crippen LogP contribution in [0.15, 0.2) is 108 Å². The first-order chi connectivity index (χ1) is 14.0. The molecule has 0 fully saturated rings. The first-order valence-electron chi connectivity index (χ1n) is 9.51. The molecular formula is C25H29N2OP. The molecular weight excluding hydrogens is 375 g/mol. The van der Waals surface area contributed by atoms with Gasteiger partial charge in [0.15, 0.2) is 0 Å². The Kier molecular flexibility index (Phi) is 8.59. The summed E-state index contributed by atoms with van der Waals surface area (Å²) < 4.78 is 10.9. The van der Waals surface area contributed by atoms with E-state index < -0.39 is 8.45 Å². The molecule has 0 aliphatic rings. The molecule has 2 aromatic rings. The Bertz CT molecular complexity index is 930.